The lowest BCUT2D eigenvalue weighted by Gasteiger charge is -2.29. The predicted octanol–water partition coefficient (Wildman–Crippen LogP) is 6.99. The number of amides is 1. The Bertz CT molecular complexity index is 2640. The first-order chi connectivity index (χ1) is 26.4. The summed E-state index contributed by atoms with van der Waals surface area (Å²) in [5, 5.41) is 21.6. The fourth-order valence-corrected chi connectivity index (χ4v) is 8.55. The van der Waals surface area contributed by atoms with Gasteiger partial charge in [0.05, 0.1) is 11.9 Å². The van der Waals surface area contributed by atoms with Crippen LogP contribution in [-0.2, 0) is 16.6 Å². The molecule has 0 aliphatic carbocycles. The summed E-state index contributed by atoms with van der Waals surface area (Å²) in [5.74, 6) is 0.579. The van der Waals surface area contributed by atoms with E-state index in [1.165, 1.54) is 0 Å². The van der Waals surface area contributed by atoms with Crippen LogP contribution in [0.5, 0.6) is 5.75 Å². The lowest BCUT2D eigenvalue weighted by molar-refractivity contribution is -0.471. The predicted molar refractivity (Wildman–Crippen MR) is 191 cm³/mol. The maximum Gasteiger partial charge on any atom is 0.411 e. The lowest BCUT2D eigenvalue weighted by atomic mass is 9.72. The molecule has 4 atom stereocenters. The molecule has 16 heteroatoms. The molecule has 13 nitrogen and oxygen atoms in total. The molecular weight excluding hydrogens is 719 g/mol. The number of rotatable bonds is 5. The van der Waals surface area contributed by atoms with Crippen LogP contribution in [0.15, 0.2) is 87.6 Å². The molecule has 10 rings (SSSR count). The summed E-state index contributed by atoms with van der Waals surface area (Å²) < 4.78 is 61.0. The van der Waals surface area contributed by atoms with Crippen LogP contribution in [0.1, 0.15) is 48.2 Å². The Morgan fingerprint density at radius 2 is 1.91 bits per heavy atom. The fourth-order valence-electron chi connectivity index (χ4n) is 8.55. The number of anilines is 1. The van der Waals surface area contributed by atoms with Gasteiger partial charge in [0.25, 0.3) is 0 Å². The number of aromatic nitrogens is 3. The smallest absolute Gasteiger partial charge is 0.411 e. The van der Waals surface area contributed by atoms with Crippen molar-refractivity contribution in [3.05, 3.63) is 117 Å². The number of H-pyrrole nitrogens is 1. The van der Waals surface area contributed by atoms with Crippen molar-refractivity contribution in [2.45, 2.75) is 50.2 Å². The molecule has 4 N–H and O–H groups in total. The van der Waals surface area contributed by atoms with Crippen LogP contribution in [0, 0.1) is 16.0 Å². The van der Waals surface area contributed by atoms with Gasteiger partial charge in [-0.25, -0.2) is 9.97 Å². The number of carbonyl (C=O) groups is 1. The van der Waals surface area contributed by atoms with E-state index in [9.17, 15) is 28.1 Å². The van der Waals surface area contributed by atoms with E-state index in [1.54, 1.807) is 18.3 Å². The van der Waals surface area contributed by atoms with E-state index in [4.69, 9.17) is 23.5 Å². The van der Waals surface area contributed by atoms with Crippen molar-refractivity contribution < 1.29 is 36.5 Å². The number of nitrogens with one attached hydrogen (secondary N) is 4. The zero-order valence-electron chi connectivity index (χ0n) is 29.1. The minimum atomic E-state index is -4.88. The normalized spacial score (nSPS) is 22.0. The molecule has 3 unspecified atom stereocenters. The fraction of sp³-hybridized carbons (Fsp3) is 0.256. The third-order valence-electron chi connectivity index (χ3n) is 10.8. The van der Waals surface area contributed by atoms with Crippen molar-refractivity contribution in [1.82, 2.24) is 25.6 Å². The first kappa shape index (κ1) is 33.0. The Balaban J connectivity index is 1.26. The van der Waals surface area contributed by atoms with Gasteiger partial charge < -0.3 is 34.5 Å². The number of hydrogen-bond donors (Lipinski definition) is 4. The number of allylic oxidation sites excluding steroid dienone is 1. The van der Waals surface area contributed by atoms with Crippen LogP contribution in [-0.4, -0.2) is 50.8 Å². The van der Waals surface area contributed by atoms with E-state index >= 15 is 0 Å². The summed E-state index contributed by atoms with van der Waals surface area (Å²) in [6.07, 6.45) is -2.45. The van der Waals surface area contributed by atoms with Gasteiger partial charge in [0, 0.05) is 62.5 Å². The molecule has 0 saturated carbocycles. The third-order valence-corrected chi connectivity index (χ3v) is 10.8. The van der Waals surface area contributed by atoms with E-state index in [-0.39, 0.29) is 35.9 Å². The average Bonchev–Trinajstić information content (AvgIpc) is 3.95. The van der Waals surface area contributed by atoms with Crippen LogP contribution < -0.4 is 20.7 Å². The van der Waals surface area contributed by atoms with Crippen molar-refractivity contribution in [2.24, 2.45) is 5.92 Å². The number of ether oxygens (including phenoxy) is 1. The Hall–Kier alpha value is -6.58. The summed E-state index contributed by atoms with van der Waals surface area (Å²) in [4.78, 5) is 37.8. The maximum absolute atomic E-state index is 14.2. The number of fused-ring (bicyclic) bond motifs is 7. The quantitative estimate of drug-likeness (QED) is 0.106. The summed E-state index contributed by atoms with van der Waals surface area (Å²) in [6.45, 7) is 2.50. The van der Waals surface area contributed by atoms with E-state index in [1.807, 2.05) is 62.5 Å². The molecule has 1 spiro atoms. The zero-order chi connectivity index (χ0) is 38.0. The molecule has 0 saturated heterocycles. The highest BCUT2D eigenvalue weighted by Crippen LogP contribution is 2.61. The Kier molecular flexibility index (Phi) is 6.88. The van der Waals surface area contributed by atoms with Gasteiger partial charge in [0.2, 0.25) is 24.2 Å². The molecule has 6 aromatic rings. The average molecular weight is 750 g/mol. The third kappa shape index (κ3) is 4.89. The van der Waals surface area contributed by atoms with Gasteiger partial charge in [0.1, 0.15) is 23.2 Å². The van der Waals surface area contributed by atoms with Crippen molar-refractivity contribution in [3.63, 3.8) is 0 Å². The number of carbonyl (C=O) groups excluding carboxylic acids is 1. The van der Waals surface area contributed by atoms with Crippen LogP contribution in [0.25, 0.3) is 44.9 Å². The minimum absolute atomic E-state index is 0.105. The molecule has 10 bridgehead atoms. The second-order valence-corrected chi connectivity index (χ2v) is 14.5. The number of para-hydroxylation sites is 1. The van der Waals surface area contributed by atoms with Crippen LogP contribution in [0.4, 0.5) is 18.9 Å². The molecular formula is C39H30F3N7O6. The molecule has 0 fully saturated rings. The maximum atomic E-state index is 14.2. The molecule has 7 heterocycles. The van der Waals surface area contributed by atoms with Crippen molar-refractivity contribution in [1.29, 1.82) is 0 Å². The highest BCUT2D eigenvalue weighted by molar-refractivity contribution is 6.07. The topological polar surface area (TPSA) is 173 Å². The second kappa shape index (κ2) is 11.5. The largest absolute Gasteiger partial charge is 0.469 e. The van der Waals surface area contributed by atoms with E-state index in [0.717, 1.165) is 38.8 Å². The lowest BCUT2D eigenvalue weighted by Crippen LogP contribution is -2.48. The number of nitro groups is 1. The molecule has 1 amide bonds. The first-order valence-corrected chi connectivity index (χ1v) is 17.6. The molecule has 3 aromatic heterocycles. The van der Waals surface area contributed by atoms with E-state index < -0.39 is 53.0 Å². The number of oxazole rings is 2. The Labute approximate surface area is 309 Å². The standard InChI is InChI=1S/C39H30F3N7O6/c1-17(2)30-36-47-32-33(55-36)39-23-7-3-6-21(20-5-4-8-25-29(20)22(14-43-25)28-15-44-35(32)53-28)31(23)48-37(39)54-27-10-9-18(11-24(27)39)12-26(34(50)46-30)45-19(16-49(51)52)13-38(40,41)42/h3-11,13-15,17,26,30,37,43,45,48H,12,16H2,1-2H3,(H,46,50)/b19-13-/t26?,30-,37?,39?/m0/s1. The second-order valence-electron chi connectivity index (χ2n) is 14.5. The van der Waals surface area contributed by atoms with Crippen molar-refractivity contribution in [2.75, 3.05) is 11.9 Å². The summed E-state index contributed by atoms with van der Waals surface area (Å²) >= 11 is 0. The van der Waals surface area contributed by atoms with Crippen molar-refractivity contribution >= 4 is 22.5 Å². The van der Waals surface area contributed by atoms with Gasteiger partial charge in [-0.2, -0.15) is 13.2 Å². The monoisotopic (exact) mass is 749 g/mol. The molecule has 0 radical (unpaired) electrons. The summed E-state index contributed by atoms with van der Waals surface area (Å²) in [5.41, 5.74) is 4.65. The molecule has 278 valence electrons. The Morgan fingerprint density at radius 3 is 2.71 bits per heavy atom. The molecule has 4 aliphatic rings. The van der Waals surface area contributed by atoms with Gasteiger partial charge in [-0.05, 0) is 29.2 Å². The highest BCUT2D eigenvalue weighted by atomic mass is 19.4. The molecule has 3 aromatic carbocycles. The van der Waals surface area contributed by atoms with Gasteiger partial charge in [-0.15, -0.1) is 0 Å². The summed E-state index contributed by atoms with van der Waals surface area (Å²) in [7, 11) is 0. The summed E-state index contributed by atoms with van der Waals surface area (Å²) in [6, 6.07) is 15.1. The van der Waals surface area contributed by atoms with Gasteiger partial charge in [-0.3, -0.25) is 14.9 Å². The number of aromatic amines is 1. The van der Waals surface area contributed by atoms with Crippen molar-refractivity contribution in [3.8, 4) is 39.8 Å². The minimum Gasteiger partial charge on any atom is -0.469 e. The van der Waals surface area contributed by atoms with Crippen LogP contribution >= 0.6 is 0 Å². The van der Waals surface area contributed by atoms with E-state index in [2.05, 4.69) is 20.9 Å². The molecule has 4 aliphatic heterocycles. The SMILES string of the molecule is CC(C)[C@@H]1NC(=O)C(N/C(=C\C(F)(F)F)C[N+](=O)[O-])Cc2ccc3c(c2)C24c5cccc(c5NC2O3)-c2cccc3[nH]cc(c23)-c2cnc(o2)-c2nc1oc24. The van der Waals surface area contributed by atoms with Gasteiger partial charge in [-0.1, -0.05) is 56.3 Å². The first-order valence-electron chi connectivity index (χ1n) is 17.6. The van der Waals surface area contributed by atoms with Crippen LogP contribution in [0.3, 0.4) is 0 Å². The number of alkyl halides is 3. The Morgan fingerprint density at radius 1 is 1.09 bits per heavy atom. The highest BCUT2D eigenvalue weighted by Gasteiger charge is 2.61. The molecule has 55 heavy (non-hydrogen) atoms. The van der Waals surface area contributed by atoms with Gasteiger partial charge in [0.15, 0.2) is 23.4 Å². The van der Waals surface area contributed by atoms with Gasteiger partial charge >= 0.3 is 6.18 Å². The zero-order valence-corrected chi connectivity index (χ0v) is 29.1. The number of nitrogens with zero attached hydrogens (tertiary/aromatic N) is 3. The van der Waals surface area contributed by atoms with E-state index in [0.29, 0.717) is 28.4 Å². The number of hydrogen-bond acceptors (Lipinski definition) is 10. The van der Waals surface area contributed by atoms with Crippen LogP contribution in [0.2, 0.25) is 0 Å². The number of benzene rings is 3. The number of halogens is 3.